The van der Waals surface area contributed by atoms with Gasteiger partial charge in [0, 0.05) is 12.3 Å². The second kappa shape index (κ2) is 7.13. The minimum atomic E-state index is -0.961. The number of nitrogens with one attached hydrogen (secondary N) is 3. The smallest absolute Gasteiger partial charge is 0.313 e. The van der Waals surface area contributed by atoms with Crippen molar-refractivity contribution in [1.82, 2.24) is 16.2 Å². The summed E-state index contributed by atoms with van der Waals surface area (Å²) < 4.78 is 5.61. The number of benzene rings is 1. The van der Waals surface area contributed by atoms with Crippen molar-refractivity contribution >= 4 is 23.3 Å². The Morgan fingerprint density at radius 1 is 1.38 bits per heavy atom. The van der Waals surface area contributed by atoms with Crippen LogP contribution in [0.25, 0.3) is 0 Å². The monoisotopic (exact) mass is 377 g/mol. The van der Waals surface area contributed by atoms with E-state index in [-0.39, 0.29) is 17.8 Å². The fourth-order valence-electron chi connectivity index (χ4n) is 4.11. The van der Waals surface area contributed by atoms with Gasteiger partial charge >= 0.3 is 5.97 Å². The lowest BCUT2D eigenvalue weighted by Crippen LogP contribution is -2.67. The third kappa shape index (κ3) is 3.84. The largest absolute Gasteiger partial charge is 0.465 e. The van der Waals surface area contributed by atoms with Crippen molar-refractivity contribution in [2.24, 2.45) is 11.8 Å². The normalized spacial score (nSPS) is 33.8. The highest BCUT2D eigenvalue weighted by Crippen LogP contribution is 2.47. The standard InChI is InChI=1S/C19H27N3O3S/c1-12(2)10-25-16(23)15-14(13-7-5-4-6-8-13)9-18(3,24)11-19(15)20-17(26)21-22-19/h4-8,12,14-15,22,24H,9-11H2,1-3H3,(H2,20,21,26)/t14-,15+,18-,19+/m1/s1. The van der Waals surface area contributed by atoms with Crippen LogP contribution in [-0.4, -0.2) is 34.1 Å². The van der Waals surface area contributed by atoms with Crippen molar-refractivity contribution in [3.8, 4) is 0 Å². The number of rotatable bonds is 4. The first-order valence-corrected chi connectivity index (χ1v) is 9.42. The summed E-state index contributed by atoms with van der Waals surface area (Å²) in [5, 5.41) is 14.5. The predicted octanol–water partition coefficient (Wildman–Crippen LogP) is 1.81. The van der Waals surface area contributed by atoms with Gasteiger partial charge in [0.1, 0.15) is 11.6 Å². The molecule has 26 heavy (non-hydrogen) atoms. The van der Waals surface area contributed by atoms with E-state index < -0.39 is 17.2 Å². The van der Waals surface area contributed by atoms with Crippen molar-refractivity contribution in [2.75, 3.05) is 6.61 Å². The van der Waals surface area contributed by atoms with Crippen molar-refractivity contribution in [2.45, 2.75) is 50.8 Å². The molecule has 0 unspecified atom stereocenters. The Balaban J connectivity index is 2.01. The third-order valence-corrected chi connectivity index (χ3v) is 5.23. The van der Waals surface area contributed by atoms with Crippen molar-refractivity contribution in [3.63, 3.8) is 0 Å². The molecule has 1 aromatic carbocycles. The van der Waals surface area contributed by atoms with Crippen LogP contribution in [0, 0.1) is 11.8 Å². The molecule has 1 aliphatic carbocycles. The van der Waals surface area contributed by atoms with Crippen molar-refractivity contribution in [3.05, 3.63) is 35.9 Å². The third-order valence-electron chi connectivity index (χ3n) is 5.03. The zero-order valence-corrected chi connectivity index (χ0v) is 16.2. The summed E-state index contributed by atoms with van der Waals surface area (Å²) >= 11 is 5.23. The number of hydrogen-bond acceptors (Lipinski definition) is 5. The lowest BCUT2D eigenvalue weighted by atomic mass is 9.64. The predicted molar refractivity (Wildman–Crippen MR) is 103 cm³/mol. The highest BCUT2D eigenvalue weighted by Gasteiger charge is 2.58. The highest BCUT2D eigenvalue weighted by molar-refractivity contribution is 7.80. The van der Waals surface area contributed by atoms with E-state index in [0.717, 1.165) is 5.56 Å². The fourth-order valence-corrected chi connectivity index (χ4v) is 4.34. The highest BCUT2D eigenvalue weighted by atomic mass is 32.1. The SMILES string of the molecule is CC(C)COC(=O)[C@@H]1[C@@H](c2ccccc2)C[C@@](C)(O)C[C@]12NNC(=S)N2. The molecule has 4 atom stereocenters. The molecule has 4 N–H and O–H groups in total. The van der Waals surface area contributed by atoms with Crippen LogP contribution in [0.1, 0.15) is 45.1 Å². The average Bonchev–Trinajstić information content (AvgIpc) is 2.92. The Morgan fingerprint density at radius 2 is 2.08 bits per heavy atom. The second-order valence-corrected chi connectivity index (χ2v) is 8.48. The van der Waals surface area contributed by atoms with Crippen molar-refractivity contribution < 1.29 is 14.6 Å². The fraction of sp³-hybridized carbons (Fsp3) is 0.579. The van der Waals surface area contributed by atoms with Gasteiger partial charge in [-0.05, 0) is 37.0 Å². The second-order valence-electron chi connectivity index (χ2n) is 8.07. The summed E-state index contributed by atoms with van der Waals surface area (Å²) in [4.78, 5) is 13.1. The van der Waals surface area contributed by atoms with Gasteiger partial charge in [-0.3, -0.25) is 10.2 Å². The van der Waals surface area contributed by atoms with E-state index in [1.807, 2.05) is 44.2 Å². The van der Waals surface area contributed by atoms with Gasteiger partial charge in [0.15, 0.2) is 5.11 Å². The Kier molecular flexibility index (Phi) is 5.23. The molecular formula is C19H27N3O3S. The van der Waals surface area contributed by atoms with Gasteiger partial charge in [-0.1, -0.05) is 44.2 Å². The first kappa shape index (κ1) is 19.1. The summed E-state index contributed by atoms with van der Waals surface area (Å²) in [6, 6.07) is 9.81. The van der Waals surface area contributed by atoms with Gasteiger partial charge in [0.25, 0.3) is 0 Å². The first-order valence-electron chi connectivity index (χ1n) is 9.02. The minimum Gasteiger partial charge on any atom is -0.465 e. The Bertz CT molecular complexity index is 680. The van der Waals surface area contributed by atoms with Gasteiger partial charge in [0.05, 0.1) is 12.2 Å². The summed E-state index contributed by atoms with van der Waals surface area (Å²) in [6.45, 7) is 6.17. The van der Waals surface area contributed by atoms with Gasteiger partial charge in [-0.2, -0.15) is 0 Å². The lowest BCUT2D eigenvalue weighted by molar-refractivity contribution is -0.160. The molecule has 2 aliphatic rings. The van der Waals surface area contributed by atoms with Crippen molar-refractivity contribution in [1.29, 1.82) is 0 Å². The molecular weight excluding hydrogens is 350 g/mol. The molecule has 0 aromatic heterocycles. The zero-order chi connectivity index (χ0) is 18.9. The lowest BCUT2D eigenvalue weighted by Gasteiger charge is -2.49. The number of esters is 1. The van der Waals surface area contributed by atoms with E-state index >= 15 is 0 Å². The molecule has 1 saturated heterocycles. The Labute approximate surface area is 159 Å². The number of thiocarbonyl (C=S) groups is 1. The molecule has 7 heteroatoms. The molecule has 0 radical (unpaired) electrons. The molecule has 2 fully saturated rings. The number of ether oxygens (including phenoxy) is 1. The molecule has 1 aromatic rings. The van der Waals surface area contributed by atoms with Crippen LogP contribution in [0.4, 0.5) is 0 Å². The topological polar surface area (TPSA) is 82.6 Å². The van der Waals surface area contributed by atoms with Crippen LogP contribution >= 0.6 is 12.2 Å². The van der Waals surface area contributed by atoms with E-state index in [1.54, 1.807) is 6.92 Å². The molecule has 1 heterocycles. The van der Waals surface area contributed by atoms with Crippen LogP contribution < -0.4 is 16.2 Å². The van der Waals surface area contributed by atoms with E-state index in [9.17, 15) is 9.90 Å². The quantitative estimate of drug-likeness (QED) is 0.471. The summed E-state index contributed by atoms with van der Waals surface area (Å²) in [6.07, 6.45) is 0.800. The first-order chi connectivity index (χ1) is 12.2. The van der Waals surface area contributed by atoms with Gasteiger partial charge in [0.2, 0.25) is 0 Å². The maximum absolute atomic E-state index is 13.1. The Hall–Kier alpha value is -1.70. The van der Waals surface area contributed by atoms with Crippen LogP contribution in [0.5, 0.6) is 0 Å². The molecule has 1 spiro atoms. The number of aliphatic hydroxyl groups is 1. The molecule has 0 bridgehead atoms. The van der Waals surface area contributed by atoms with Gasteiger partial charge in [-0.25, -0.2) is 5.43 Å². The molecule has 1 saturated carbocycles. The van der Waals surface area contributed by atoms with Crippen LogP contribution in [0.2, 0.25) is 0 Å². The van der Waals surface area contributed by atoms with E-state index in [0.29, 0.717) is 24.6 Å². The maximum atomic E-state index is 13.1. The number of carbonyl (C=O) groups is 1. The van der Waals surface area contributed by atoms with Crippen LogP contribution in [0.15, 0.2) is 30.3 Å². The Morgan fingerprint density at radius 3 is 2.65 bits per heavy atom. The molecule has 6 nitrogen and oxygen atoms in total. The molecule has 0 amide bonds. The molecule has 1 aliphatic heterocycles. The number of hydrazine groups is 1. The summed E-state index contributed by atoms with van der Waals surface area (Å²) in [5.74, 6) is -0.769. The maximum Gasteiger partial charge on any atom is 0.313 e. The summed E-state index contributed by atoms with van der Waals surface area (Å²) in [5.41, 5.74) is 5.17. The van der Waals surface area contributed by atoms with E-state index in [1.165, 1.54) is 0 Å². The van der Waals surface area contributed by atoms with Crippen LogP contribution in [0.3, 0.4) is 0 Å². The van der Waals surface area contributed by atoms with E-state index in [4.69, 9.17) is 17.0 Å². The van der Waals surface area contributed by atoms with Gasteiger partial charge in [-0.15, -0.1) is 0 Å². The zero-order valence-electron chi connectivity index (χ0n) is 15.4. The summed E-state index contributed by atoms with van der Waals surface area (Å²) in [7, 11) is 0. The molecule has 3 rings (SSSR count). The average molecular weight is 378 g/mol. The number of carbonyl (C=O) groups excluding carboxylic acids is 1. The van der Waals surface area contributed by atoms with Crippen LogP contribution in [-0.2, 0) is 9.53 Å². The molecule has 142 valence electrons. The van der Waals surface area contributed by atoms with Gasteiger partial charge < -0.3 is 15.2 Å². The van der Waals surface area contributed by atoms with E-state index in [2.05, 4.69) is 16.2 Å². The number of hydrogen-bond donors (Lipinski definition) is 4. The minimum absolute atomic E-state index is 0.206.